The molecule has 0 aliphatic carbocycles. The van der Waals surface area contributed by atoms with Gasteiger partial charge < -0.3 is 5.32 Å². The maximum Gasteiger partial charge on any atom is 0.270 e. The molecule has 0 aliphatic heterocycles. The zero-order valence-electron chi connectivity index (χ0n) is 12.7. The van der Waals surface area contributed by atoms with E-state index in [9.17, 15) is 9.59 Å². The first-order valence-corrected chi connectivity index (χ1v) is 7.74. The number of carbonyl (C=O) groups excluding carboxylic acids is 2. The molecular weight excluding hydrogens is 302 g/mol. The number of amides is 2. The van der Waals surface area contributed by atoms with Gasteiger partial charge in [0.2, 0.25) is 5.91 Å². The van der Waals surface area contributed by atoms with Crippen LogP contribution in [0.3, 0.4) is 0 Å². The van der Waals surface area contributed by atoms with E-state index in [4.69, 9.17) is 5.21 Å². The summed E-state index contributed by atoms with van der Waals surface area (Å²) < 4.78 is 0.993. The van der Waals surface area contributed by atoms with Crippen molar-refractivity contribution in [3.63, 3.8) is 0 Å². The van der Waals surface area contributed by atoms with Crippen molar-refractivity contribution in [3.05, 3.63) is 29.3 Å². The minimum Gasteiger partial charge on any atom is -0.340 e. The van der Waals surface area contributed by atoms with Gasteiger partial charge in [0.15, 0.2) is 0 Å². The van der Waals surface area contributed by atoms with Crippen molar-refractivity contribution in [2.24, 2.45) is 5.41 Å². The van der Waals surface area contributed by atoms with Gasteiger partial charge in [0, 0.05) is 6.42 Å². The van der Waals surface area contributed by atoms with Crippen LogP contribution in [0.15, 0.2) is 23.7 Å². The van der Waals surface area contributed by atoms with Crippen LogP contribution in [0.2, 0.25) is 0 Å². The van der Waals surface area contributed by atoms with Gasteiger partial charge >= 0.3 is 0 Å². The standard InChI is InChI=1S/C15H19N3O3S/c1-15(2,3)7-12(19)17-13(14(20)18-21)9-4-5-11-10(6-9)16-8-22-11/h4-6,8,13,21H,7H2,1-3H3,(H,17,19)(H,18,20)/t13-/m0/s1. The number of thiazole rings is 1. The second-order valence-corrected chi connectivity index (χ2v) is 7.18. The van der Waals surface area contributed by atoms with Crippen LogP contribution < -0.4 is 10.8 Å². The topological polar surface area (TPSA) is 91.3 Å². The summed E-state index contributed by atoms with van der Waals surface area (Å²) in [6, 6.07) is 4.38. The third-order valence-corrected chi connectivity index (χ3v) is 3.87. The molecule has 6 nitrogen and oxygen atoms in total. The number of nitrogens with one attached hydrogen (secondary N) is 2. The molecule has 2 aromatic rings. The van der Waals surface area contributed by atoms with Gasteiger partial charge in [0.1, 0.15) is 6.04 Å². The SMILES string of the molecule is CC(C)(C)CC(=O)N[C@H](C(=O)NO)c1ccc2scnc2c1. The molecule has 2 amide bonds. The Morgan fingerprint density at radius 1 is 1.36 bits per heavy atom. The highest BCUT2D eigenvalue weighted by atomic mass is 32.1. The van der Waals surface area contributed by atoms with Crippen molar-refractivity contribution in [3.8, 4) is 0 Å². The Morgan fingerprint density at radius 3 is 2.73 bits per heavy atom. The molecule has 0 aliphatic rings. The first kappa shape index (κ1) is 16.4. The maximum absolute atomic E-state index is 12.1. The van der Waals surface area contributed by atoms with Crippen molar-refractivity contribution in [2.45, 2.75) is 33.2 Å². The highest BCUT2D eigenvalue weighted by Crippen LogP contribution is 2.24. The van der Waals surface area contributed by atoms with Gasteiger partial charge in [0.25, 0.3) is 5.91 Å². The molecule has 1 aromatic heterocycles. The molecule has 22 heavy (non-hydrogen) atoms. The summed E-state index contributed by atoms with van der Waals surface area (Å²) in [6.07, 6.45) is 0.279. The Labute approximate surface area is 132 Å². The predicted octanol–water partition coefficient (Wildman–Crippen LogP) is 2.40. The highest BCUT2D eigenvalue weighted by Gasteiger charge is 2.25. The third-order valence-electron chi connectivity index (χ3n) is 3.06. The van der Waals surface area contributed by atoms with Gasteiger partial charge in [-0.15, -0.1) is 11.3 Å². The largest absolute Gasteiger partial charge is 0.340 e. The number of benzene rings is 1. The predicted molar refractivity (Wildman–Crippen MR) is 84.5 cm³/mol. The minimum atomic E-state index is -0.953. The molecule has 0 fully saturated rings. The quantitative estimate of drug-likeness (QED) is 0.595. The summed E-state index contributed by atoms with van der Waals surface area (Å²) in [4.78, 5) is 28.2. The van der Waals surface area contributed by atoms with E-state index in [1.54, 1.807) is 23.1 Å². The summed E-state index contributed by atoms with van der Waals surface area (Å²) in [5, 5.41) is 11.6. The maximum atomic E-state index is 12.1. The van der Waals surface area contributed by atoms with E-state index < -0.39 is 11.9 Å². The zero-order valence-corrected chi connectivity index (χ0v) is 13.5. The van der Waals surface area contributed by atoms with Gasteiger partial charge in [-0.3, -0.25) is 14.8 Å². The number of rotatable bonds is 4. The molecule has 118 valence electrons. The number of nitrogens with zero attached hydrogens (tertiary/aromatic N) is 1. The van der Waals surface area contributed by atoms with Crippen molar-refractivity contribution in [1.82, 2.24) is 15.8 Å². The lowest BCUT2D eigenvalue weighted by atomic mass is 9.91. The normalized spacial score (nSPS) is 12.9. The highest BCUT2D eigenvalue weighted by molar-refractivity contribution is 7.16. The Morgan fingerprint density at radius 2 is 2.09 bits per heavy atom. The average Bonchev–Trinajstić information content (AvgIpc) is 2.89. The number of hydrogen-bond donors (Lipinski definition) is 3. The Bertz CT molecular complexity index is 691. The van der Waals surface area contributed by atoms with Crippen LogP contribution in [0.4, 0.5) is 0 Å². The fourth-order valence-corrected chi connectivity index (χ4v) is 2.77. The minimum absolute atomic E-state index is 0.191. The lowest BCUT2D eigenvalue weighted by Gasteiger charge is -2.21. The van der Waals surface area contributed by atoms with Crippen molar-refractivity contribution < 1.29 is 14.8 Å². The fourth-order valence-electron chi connectivity index (χ4n) is 2.11. The number of aromatic nitrogens is 1. The van der Waals surface area contributed by atoms with E-state index in [0.29, 0.717) is 5.56 Å². The molecule has 2 rings (SSSR count). The third kappa shape index (κ3) is 4.02. The van der Waals surface area contributed by atoms with Crippen LogP contribution in [0.5, 0.6) is 0 Å². The van der Waals surface area contributed by atoms with Crippen LogP contribution in [0.25, 0.3) is 10.2 Å². The molecule has 0 saturated carbocycles. The van der Waals surface area contributed by atoms with Crippen molar-refractivity contribution >= 4 is 33.4 Å². The lowest BCUT2D eigenvalue weighted by Crippen LogP contribution is -2.40. The molecule has 1 heterocycles. The molecule has 1 atom stereocenters. The smallest absolute Gasteiger partial charge is 0.270 e. The second-order valence-electron chi connectivity index (χ2n) is 6.29. The van der Waals surface area contributed by atoms with E-state index in [-0.39, 0.29) is 17.7 Å². The molecule has 0 unspecified atom stereocenters. The van der Waals surface area contributed by atoms with Gasteiger partial charge in [-0.25, -0.2) is 10.5 Å². The Balaban J connectivity index is 2.25. The van der Waals surface area contributed by atoms with E-state index in [2.05, 4.69) is 10.3 Å². The van der Waals surface area contributed by atoms with Crippen LogP contribution >= 0.6 is 11.3 Å². The fraction of sp³-hybridized carbons (Fsp3) is 0.400. The van der Waals surface area contributed by atoms with E-state index in [1.807, 2.05) is 26.8 Å². The number of carbonyl (C=O) groups is 2. The summed E-state index contributed by atoms with van der Waals surface area (Å²) >= 11 is 1.50. The monoisotopic (exact) mass is 321 g/mol. The average molecular weight is 321 g/mol. The zero-order chi connectivity index (χ0) is 16.3. The van der Waals surface area contributed by atoms with Gasteiger partial charge in [-0.2, -0.15) is 0 Å². The van der Waals surface area contributed by atoms with E-state index in [1.165, 1.54) is 11.3 Å². The van der Waals surface area contributed by atoms with E-state index in [0.717, 1.165) is 10.2 Å². The van der Waals surface area contributed by atoms with Crippen LogP contribution in [-0.2, 0) is 9.59 Å². The van der Waals surface area contributed by atoms with Crippen molar-refractivity contribution in [2.75, 3.05) is 0 Å². The molecule has 0 spiro atoms. The van der Waals surface area contributed by atoms with Crippen molar-refractivity contribution in [1.29, 1.82) is 0 Å². The molecule has 0 radical (unpaired) electrons. The Hall–Kier alpha value is -1.99. The summed E-state index contributed by atoms with van der Waals surface area (Å²) in [7, 11) is 0. The number of hydrogen-bond acceptors (Lipinski definition) is 5. The molecule has 3 N–H and O–H groups in total. The number of hydroxylamine groups is 1. The Kier molecular flexibility index (Phi) is 4.77. The van der Waals surface area contributed by atoms with Gasteiger partial charge in [-0.1, -0.05) is 26.8 Å². The second kappa shape index (κ2) is 6.41. The summed E-state index contributed by atoms with van der Waals surface area (Å²) in [6.45, 7) is 5.82. The van der Waals surface area contributed by atoms with Gasteiger partial charge in [-0.05, 0) is 23.1 Å². The van der Waals surface area contributed by atoms with Crippen LogP contribution in [0, 0.1) is 5.41 Å². The first-order valence-electron chi connectivity index (χ1n) is 6.86. The number of fused-ring (bicyclic) bond motifs is 1. The lowest BCUT2D eigenvalue weighted by molar-refractivity contribution is -0.135. The molecular formula is C15H19N3O3S. The summed E-state index contributed by atoms with van der Waals surface area (Å²) in [5.74, 6) is -0.934. The van der Waals surface area contributed by atoms with Crippen LogP contribution in [0.1, 0.15) is 38.8 Å². The molecule has 0 saturated heterocycles. The van der Waals surface area contributed by atoms with Crippen LogP contribution in [-0.4, -0.2) is 22.0 Å². The summed E-state index contributed by atoms with van der Waals surface area (Å²) in [5.41, 5.74) is 4.46. The van der Waals surface area contributed by atoms with E-state index >= 15 is 0 Å². The molecule has 1 aromatic carbocycles. The van der Waals surface area contributed by atoms with Gasteiger partial charge in [0.05, 0.1) is 15.7 Å². The first-order chi connectivity index (χ1) is 10.3. The molecule has 0 bridgehead atoms. The molecule has 7 heteroatoms.